The summed E-state index contributed by atoms with van der Waals surface area (Å²) in [5.74, 6) is 0. The fraction of sp³-hybridized carbons (Fsp3) is 0.333. The first-order valence-electron chi connectivity index (χ1n) is 3.87. The molecule has 0 bridgehead atoms. The Bertz CT molecular complexity index is 350. The van der Waals surface area contributed by atoms with Crippen LogP contribution in [0, 0.1) is 24.0 Å². The Kier molecular flexibility index (Phi) is 3.03. The minimum absolute atomic E-state index is 0.233. The van der Waals surface area contributed by atoms with Crippen molar-refractivity contribution in [2.45, 2.75) is 19.2 Å². The lowest BCUT2D eigenvalue weighted by atomic mass is 10.0. The number of hydrogen-bond donors (Lipinski definition) is 0. The number of nitrogens with zero attached hydrogens (tertiary/aromatic N) is 1. The first-order valence-corrected chi connectivity index (χ1v) is 4.99. The summed E-state index contributed by atoms with van der Waals surface area (Å²) in [5, 5.41) is 11.3. The summed E-state index contributed by atoms with van der Waals surface area (Å²) < 4.78 is 0. The average molecular weight is 244 g/mol. The van der Waals surface area contributed by atoms with E-state index in [0.29, 0.717) is 5.33 Å². The highest BCUT2D eigenvalue weighted by molar-refractivity contribution is 9.08. The van der Waals surface area contributed by atoms with Crippen LogP contribution in [-0.4, -0.2) is 4.92 Å². The van der Waals surface area contributed by atoms with E-state index in [1.54, 1.807) is 13.0 Å². The first-order chi connectivity index (χ1) is 6.07. The van der Waals surface area contributed by atoms with E-state index in [2.05, 4.69) is 15.9 Å². The molecule has 0 N–H and O–H groups in total. The molecule has 0 atom stereocenters. The van der Waals surface area contributed by atoms with Crippen LogP contribution in [0.15, 0.2) is 12.1 Å². The van der Waals surface area contributed by atoms with Gasteiger partial charge < -0.3 is 0 Å². The van der Waals surface area contributed by atoms with E-state index in [4.69, 9.17) is 0 Å². The molecular formula is C9H10BrNO2. The van der Waals surface area contributed by atoms with Crippen molar-refractivity contribution in [3.05, 3.63) is 38.9 Å². The van der Waals surface area contributed by atoms with Crippen molar-refractivity contribution >= 4 is 21.6 Å². The summed E-state index contributed by atoms with van der Waals surface area (Å²) in [6, 6.07) is 3.69. The zero-order valence-corrected chi connectivity index (χ0v) is 9.09. The third-order valence-corrected chi connectivity index (χ3v) is 2.72. The molecule has 0 spiro atoms. The van der Waals surface area contributed by atoms with Crippen LogP contribution in [0.3, 0.4) is 0 Å². The van der Waals surface area contributed by atoms with E-state index in [1.807, 2.05) is 13.0 Å². The predicted octanol–water partition coefficient (Wildman–Crippen LogP) is 3.11. The van der Waals surface area contributed by atoms with Crippen LogP contribution in [0.5, 0.6) is 0 Å². The third kappa shape index (κ3) is 1.88. The normalized spacial score (nSPS) is 10.1. The summed E-state index contributed by atoms with van der Waals surface area (Å²) >= 11 is 3.23. The van der Waals surface area contributed by atoms with Gasteiger partial charge >= 0.3 is 0 Å². The smallest absolute Gasteiger partial charge is 0.258 e. The molecule has 1 aromatic rings. The Balaban J connectivity index is 3.41. The predicted molar refractivity (Wildman–Crippen MR) is 55.2 cm³/mol. The van der Waals surface area contributed by atoms with Gasteiger partial charge in [0.1, 0.15) is 0 Å². The molecule has 0 fully saturated rings. The van der Waals surface area contributed by atoms with E-state index in [1.165, 1.54) is 0 Å². The van der Waals surface area contributed by atoms with Crippen LogP contribution in [0.25, 0.3) is 0 Å². The number of rotatable bonds is 2. The second-order valence-corrected chi connectivity index (χ2v) is 3.47. The van der Waals surface area contributed by atoms with Gasteiger partial charge in [-0.15, -0.1) is 0 Å². The van der Waals surface area contributed by atoms with Crippen LogP contribution < -0.4 is 0 Å². The molecule has 13 heavy (non-hydrogen) atoms. The average Bonchev–Trinajstić information content (AvgIpc) is 2.08. The first kappa shape index (κ1) is 10.2. The zero-order chi connectivity index (χ0) is 10.0. The largest absolute Gasteiger partial charge is 0.276 e. The Morgan fingerprint density at radius 1 is 1.46 bits per heavy atom. The summed E-state index contributed by atoms with van der Waals surface area (Å²) in [6.45, 7) is 3.65. The van der Waals surface area contributed by atoms with Gasteiger partial charge in [-0.3, -0.25) is 10.1 Å². The molecule has 0 aliphatic heterocycles. The molecule has 4 heteroatoms. The molecule has 0 heterocycles. The van der Waals surface area contributed by atoms with Gasteiger partial charge in [0.25, 0.3) is 5.69 Å². The molecule has 3 nitrogen and oxygen atoms in total. The molecule has 1 aromatic carbocycles. The van der Waals surface area contributed by atoms with Crippen molar-refractivity contribution in [2.75, 3.05) is 0 Å². The lowest BCUT2D eigenvalue weighted by Gasteiger charge is -2.04. The second kappa shape index (κ2) is 3.87. The van der Waals surface area contributed by atoms with Gasteiger partial charge in [-0.1, -0.05) is 28.1 Å². The number of benzene rings is 1. The summed E-state index contributed by atoms with van der Waals surface area (Å²) in [4.78, 5) is 10.4. The van der Waals surface area contributed by atoms with E-state index in [-0.39, 0.29) is 10.6 Å². The Morgan fingerprint density at radius 3 is 2.54 bits per heavy atom. The molecule has 0 aliphatic carbocycles. The van der Waals surface area contributed by atoms with Gasteiger partial charge in [0.2, 0.25) is 0 Å². The lowest BCUT2D eigenvalue weighted by Crippen LogP contribution is -1.98. The molecule has 0 aliphatic rings. The zero-order valence-electron chi connectivity index (χ0n) is 7.50. The SMILES string of the molecule is Cc1ccc(CBr)c([N+](=O)[O-])c1C. The number of aryl methyl sites for hydroxylation is 1. The van der Waals surface area contributed by atoms with E-state index in [0.717, 1.165) is 16.7 Å². The number of nitro groups is 1. The maximum Gasteiger partial charge on any atom is 0.276 e. The van der Waals surface area contributed by atoms with Gasteiger partial charge in [0, 0.05) is 16.5 Å². The fourth-order valence-electron chi connectivity index (χ4n) is 1.22. The molecule has 1 rings (SSSR count). The highest BCUT2D eigenvalue weighted by Crippen LogP contribution is 2.27. The maximum atomic E-state index is 10.7. The van der Waals surface area contributed by atoms with Crippen molar-refractivity contribution < 1.29 is 4.92 Å². The molecule has 0 radical (unpaired) electrons. The van der Waals surface area contributed by atoms with Crippen LogP contribution in [0.4, 0.5) is 5.69 Å². The second-order valence-electron chi connectivity index (χ2n) is 2.91. The standard InChI is InChI=1S/C9H10BrNO2/c1-6-3-4-8(5-10)9(7(6)2)11(12)13/h3-4H,5H2,1-2H3. The van der Waals surface area contributed by atoms with Gasteiger partial charge in [-0.2, -0.15) is 0 Å². The minimum atomic E-state index is -0.321. The van der Waals surface area contributed by atoms with Crippen LogP contribution in [0.2, 0.25) is 0 Å². The Labute approximate surface area is 85.0 Å². The molecule has 0 unspecified atom stereocenters. The topological polar surface area (TPSA) is 43.1 Å². The number of halogens is 1. The van der Waals surface area contributed by atoms with E-state index in [9.17, 15) is 10.1 Å². The van der Waals surface area contributed by atoms with Gasteiger partial charge in [0.05, 0.1) is 4.92 Å². The molecule has 0 saturated carbocycles. The molecule has 70 valence electrons. The minimum Gasteiger partial charge on any atom is -0.258 e. The van der Waals surface area contributed by atoms with Gasteiger partial charge in [0.15, 0.2) is 0 Å². The van der Waals surface area contributed by atoms with Gasteiger partial charge in [-0.25, -0.2) is 0 Å². The summed E-state index contributed by atoms with van der Waals surface area (Å²) in [6.07, 6.45) is 0. The van der Waals surface area contributed by atoms with Crippen molar-refractivity contribution in [3.8, 4) is 0 Å². The summed E-state index contributed by atoms with van der Waals surface area (Å²) in [5.41, 5.74) is 2.67. The van der Waals surface area contributed by atoms with Crippen LogP contribution in [-0.2, 0) is 5.33 Å². The molecule has 0 amide bonds. The van der Waals surface area contributed by atoms with Crippen LogP contribution in [0.1, 0.15) is 16.7 Å². The monoisotopic (exact) mass is 243 g/mol. The third-order valence-electron chi connectivity index (χ3n) is 2.11. The number of hydrogen-bond acceptors (Lipinski definition) is 2. The van der Waals surface area contributed by atoms with Crippen molar-refractivity contribution in [3.63, 3.8) is 0 Å². The summed E-state index contributed by atoms with van der Waals surface area (Å²) in [7, 11) is 0. The van der Waals surface area contributed by atoms with Crippen molar-refractivity contribution in [1.82, 2.24) is 0 Å². The molecular weight excluding hydrogens is 234 g/mol. The molecule has 0 aromatic heterocycles. The molecule has 0 saturated heterocycles. The van der Waals surface area contributed by atoms with Crippen molar-refractivity contribution in [1.29, 1.82) is 0 Å². The highest BCUT2D eigenvalue weighted by Gasteiger charge is 2.17. The Morgan fingerprint density at radius 2 is 2.08 bits per heavy atom. The van der Waals surface area contributed by atoms with Crippen LogP contribution >= 0.6 is 15.9 Å². The van der Waals surface area contributed by atoms with Crippen molar-refractivity contribution in [2.24, 2.45) is 0 Å². The Hall–Kier alpha value is -0.900. The number of alkyl halides is 1. The fourth-order valence-corrected chi connectivity index (χ4v) is 1.67. The van der Waals surface area contributed by atoms with E-state index < -0.39 is 0 Å². The number of nitro benzene ring substituents is 1. The highest BCUT2D eigenvalue weighted by atomic mass is 79.9. The maximum absolute atomic E-state index is 10.7. The lowest BCUT2D eigenvalue weighted by molar-refractivity contribution is -0.386. The quantitative estimate of drug-likeness (QED) is 0.455. The van der Waals surface area contributed by atoms with E-state index >= 15 is 0 Å². The van der Waals surface area contributed by atoms with Gasteiger partial charge in [-0.05, 0) is 19.4 Å².